The third-order valence-electron chi connectivity index (χ3n) is 4.04. The number of carbonyl (C=O) groups excluding carboxylic acids is 1. The van der Waals surface area contributed by atoms with E-state index in [2.05, 4.69) is 23.4 Å². The summed E-state index contributed by atoms with van der Waals surface area (Å²) in [5.41, 5.74) is 0.905. The summed E-state index contributed by atoms with van der Waals surface area (Å²) in [5.74, 6) is 2.77. The summed E-state index contributed by atoms with van der Waals surface area (Å²) in [6.45, 7) is 0. The molecular formula is C21H25NO. The van der Waals surface area contributed by atoms with Crippen LogP contribution in [0.25, 0.3) is 10.8 Å². The highest BCUT2D eigenvalue weighted by Crippen LogP contribution is 2.23. The lowest BCUT2D eigenvalue weighted by atomic mass is 10.1. The summed E-state index contributed by atoms with van der Waals surface area (Å²) in [7, 11) is 0. The number of terminal acetylenes is 1. The number of unbranched alkanes of at least 4 members (excludes halogenated alkanes) is 6. The van der Waals surface area contributed by atoms with Gasteiger partial charge in [0, 0.05) is 23.9 Å². The summed E-state index contributed by atoms with van der Waals surface area (Å²) in [5, 5.41) is 5.29. The second-order valence-electron chi connectivity index (χ2n) is 5.90. The van der Waals surface area contributed by atoms with E-state index in [0.29, 0.717) is 6.42 Å². The lowest BCUT2D eigenvalue weighted by Gasteiger charge is -2.08. The van der Waals surface area contributed by atoms with Crippen molar-refractivity contribution in [1.82, 2.24) is 0 Å². The number of benzene rings is 2. The molecule has 0 aliphatic carbocycles. The van der Waals surface area contributed by atoms with Crippen molar-refractivity contribution in [3.8, 4) is 12.3 Å². The van der Waals surface area contributed by atoms with Crippen LogP contribution >= 0.6 is 0 Å². The van der Waals surface area contributed by atoms with Crippen LogP contribution in [0.3, 0.4) is 0 Å². The standard InChI is InChI=1S/C21H25NO/c1-2-3-4-5-6-7-8-9-17-21(23)22-20-16-12-14-18-13-10-11-15-19(18)20/h1,10-16H,3-9,17H2,(H,22,23). The molecule has 1 N–H and O–H groups in total. The monoisotopic (exact) mass is 307 g/mol. The van der Waals surface area contributed by atoms with Crippen molar-refractivity contribution in [3.63, 3.8) is 0 Å². The first-order valence-electron chi connectivity index (χ1n) is 8.52. The van der Waals surface area contributed by atoms with Gasteiger partial charge in [-0.3, -0.25) is 4.79 Å². The number of nitrogens with one attached hydrogen (secondary N) is 1. The Bertz CT molecular complexity index is 664. The maximum Gasteiger partial charge on any atom is 0.224 e. The van der Waals surface area contributed by atoms with E-state index in [0.717, 1.165) is 42.1 Å². The van der Waals surface area contributed by atoms with Crippen LogP contribution in [0.1, 0.15) is 51.4 Å². The van der Waals surface area contributed by atoms with Crippen molar-refractivity contribution in [2.45, 2.75) is 51.4 Å². The predicted octanol–water partition coefficient (Wildman–Crippen LogP) is 5.53. The number of rotatable bonds is 9. The van der Waals surface area contributed by atoms with E-state index in [1.807, 2.05) is 30.3 Å². The molecule has 0 aliphatic rings. The Morgan fingerprint density at radius 1 is 0.913 bits per heavy atom. The van der Waals surface area contributed by atoms with Gasteiger partial charge in [0.2, 0.25) is 5.91 Å². The summed E-state index contributed by atoms with van der Waals surface area (Å²) in [6, 6.07) is 14.1. The first kappa shape index (κ1) is 17.1. The van der Waals surface area contributed by atoms with Crippen molar-refractivity contribution in [2.75, 3.05) is 5.32 Å². The molecule has 0 saturated carbocycles. The van der Waals surface area contributed by atoms with Crippen molar-refractivity contribution in [1.29, 1.82) is 0 Å². The van der Waals surface area contributed by atoms with Crippen LogP contribution in [0.4, 0.5) is 5.69 Å². The van der Waals surface area contributed by atoms with Gasteiger partial charge in [0.15, 0.2) is 0 Å². The molecule has 2 nitrogen and oxygen atoms in total. The normalized spacial score (nSPS) is 10.4. The average molecular weight is 307 g/mol. The molecule has 2 aromatic rings. The number of hydrogen-bond donors (Lipinski definition) is 1. The maximum atomic E-state index is 12.1. The molecule has 0 unspecified atom stereocenters. The third-order valence-corrected chi connectivity index (χ3v) is 4.04. The molecule has 0 aromatic heterocycles. The largest absolute Gasteiger partial charge is 0.326 e. The molecule has 0 atom stereocenters. The Balaban J connectivity index is 1.70. The fourth-order valence-corrected chi connectivity index (χ4v) is 2.77. The van der Waals surface area contributed by atoms with E-state index in [-0.39, 0.29) is 5.91 Å². The number of anilines is 1. The average Bonchev–Trinajstić information content (AvgIpc) is 2.57. The number of amides is 1. The Hall–Kier alpha value is -2.27. The highest BCUT2D eigenvalue weighted by atomic mass is 16.1. The molecule has 2 rings (SSSR count). The minimum Gasteiger partial charge on any atom is -0.326 e. The fourth-order valence-electron chi connectivity index (χ4n) is 2.77. The smallest absolute Gasteiger partial charge is 0.224 e. The molecule has 120 valence electrons. The van der Waals surface area contributed by atoms with Gasteiger partial charge in [-0.25, -0.2) is 0 Å². The minimum absolute atomic E-state index is 0.105. The minimum atomic E-state index is 0.105. The van der Waals surface area contributed by atoms with Crippen LogP contribution in [-0.2, 0) is 4.79 Å². The van der Waals surface area contributed by atoms with Crippen LogP contribution in [0.5, 0.6) is 0 Å². The van der Waals surface area contributed by atoms with E-state index in [4.69, 9.17) is 6.42 Å². The molecule has 0 fully saturated rings. The summed E-state index contributed by atoms with van der Waals surface area (Å²) in [6.07, 6.45) is 13.5. The zero-order valence-electron chi connectivity index (χ0n) is 13.7. The number of fused-ring (bicyclic) bond motifs is 1. The zero-order chi connectivity index (χ0) is 16.3. The first-order chi connectivity index (χ1) is 11.3. The molecule has 0 aliphatic heterocycles. The molecule has 23 heavy (non-hydrogen) atoms. The molecule has 0 saturated heterocycles. The summed E-state index contributed by atoms with van der Waals surface area (Å²) in [4.78, 5) is 12.1. The van der Waals surface area contributed by atoms with Crippen molar-refractivity contribution in [3.05, 3.63) is 42.5 Å². The Labute approximate surface area is 139 Å². The quantitative estimate of drug-likeness (QED) is 0.479. The molecular weight excluding hydrogens is 282 g/mol. The van der Waals surface area contributed by atoms with Crippen molar-refractivity contribution < 1.29 is 4.79 Å². The second-order valence-corrected chi connectivity index (χ2v) is 5.90. The second kappa shape index (κ2) is 9.69. The topological polar surface area (TPSA) is 29.1 Å². The molecule has 0 heterocycles. The first-order valence-corrected chi connectivity index (χ1v) is 8.52. The lowest BCUT2D eigenvalue weighted by molar-refractivity contribution is -0.116. The lowest BCUT2D eigenvalue weighted by Crippen LogP contribution is -2.11. The van der Waals surface area contributed by atoms with E-state index in [1.54, 1.807) is 0 Å². The van der Waals surface area contributed by atoms with E-state index in [1.165, 1.54) is 19.3 Å². The Morgan fingerprint density at radius 3 is 2.43 bits per heavy atom. The Morgan fingerprint density at radius 2 is 1.61 bits per heavy atom. The van der Waals surface area contributed by atoms with Crippen molar-refractivity contribution in [2.24, 2.45) is 0 Å². The SMILES string of the molecule is C#CCCCCCCCCC(=O)Nc1cccc2ccccc12. The summed E-state index contributed by atoms with van der Waals surface area (Å²) >= 11 is 0. The molecule has 0 spiro atoms. The predicted molar refractivity (Wildman–Crippen MR) is 98.3 cm³/mol. The molecule has 1 amide bonds. The number of carbonyl (C=O) groups is 1. The Kier molecular flexibility index (Phi) is 7.20. The number of hydrogen-bond acceptors (Lipinski definition) is 1. The van der Waals surface area contributed by atoms with E-state index >= 15 is 0 Å². The van der Waals surface area contributed by atoms with Gasteiger partial charge >= 0.3 is 0 Å². The van der Waals surface area contributed by atoms with Crippen LogP contribution in [-0.4, -0.2) is 5.91 Å². The molecule has 2 aromatic carbocycles. The maximum absolute atomic E-state index is 12.1. The molecule has 0 radical (unpaired) electrons. The van der Waals surface area contributed by atoms with Gasteiger partial charge in [0.05, 0.1) is 0 Å². The zero-order valence-corrected chi connectivity index (χ0v) is 13.7. The highest BCUT2D eigenvalue weighted by molar-refractivity contribution is 6.02. The third kappa shape index (κ3) is 5.79. The van der Waals surface area contributed by atoms with Gasteiger partial charge < -0.3 is 5.32 Å². The van der Waals surface area contributed by atoms with Gasteiger partial charge in [0.1, 0.15) is 0 Å². The van der Waals surface area contributed by atoms with Gasteiger partial charge in [-0.2, -0.15) is 0 Å². The van der Waals surface area contributed by atoms with Gasteiger partial charge in [-0.1, -0.05) is 62.1 Å². The van der Waals surface area contributed by atoms with Gasteiger partial charge in [-0.15, -0.1) is 12.3 Å². The van der Waals surface area contributed by atoms with Crippen LogP contribution in [0.15, 0.2) is 42.5 Å². The molecule has 2 heteroatoms. The van der Waals surface area contributed by atoms with Gasteiger partial charge in [0.25, 0.3) is 0 Å². The van der Waals surface area contributed by atoms with Crippen LogP contribution in [0.2, 0.25) is 0 Å². The van der Waals surface area contributed by atoms with Crippen LogP contribution in [0, 0.1) is 12.3 Å². The van der Waals surface area contributed by atoms with E-state index < -0.39 is 0 Å². The molecule has 0 bridgehead atoms. The van der Waals surface area contributed by atoms with Crippen LogP contribution < -0.4 is 5.32 Å². The van der Waals surface area contributed by atoms with E-state index in [9.17, 15) is 4.79 Å². The van der Waals surface area contributed by atoms with Gasteiger partial charge in [-0.05, 0) is 24.3 Å². The van der Waals surface area contributed by atoms with Crippen molar-refractivity contribution >= 4 is 22.4 Å². The highest BCUT2D eigenvalue weighted by Gasteiger charge is 2.05. The fraction of sp³-hybridized carbons (Fsp3) is 0.381. The summed E-state index contributed by atoms with van der Waals surface area (Å²) < 4.78 is 0.